The number of rotatable bonds is 9. The highest BCUT2D eigenvalue weighted by atomic mass is 127. The Bertz CT molecular complexity index is 1400. The van der Waals surface area contributed by atoms with Gasteiger partial charge >= 0.3 is 0 Å². The minimum atomic E-state index is -0.399. The van der Waals surface area contributed by atoms with E-state index in [2.05, 4.69) is 38.2 Å². The molecule has 3 aromatic rings. The predicted octanol–water partition coefficient (Wildman–Crippen LogP) is 5.75. The van der Waals surface area contributed by atoms with Crippen molar-refractivity contribution in [1.82, 2.24) is 5.32 Å². The van der Waals surface area contributed by atoms with Crippen molar-refractivity contribution < 1.29 is 28.2 Å². The van der Waals surface area contributed by atoms with E-state index in [1.807, 2.05) is 13.0 Å². The number of ether oxygens (including phenoxy) is 3. The van der Waals surface area contributed by atoms with Gasteiger partial charge in [-0.3, -0.25) is 9.59 Å². The van der Waals surface area contributed by atoms with E-state index in [1.165, 1.54) is 36.0 Å². The maximum atomic E-state index is 13.1. The van der Waals surface area contributed by atoms with E-state index < -0.39 is 5.91 Å². The summed E-state index contributed by atoms with van der Waals surface area (Å²) in [4.78, 5) is 29.8. The molecule has 0 saturated carbocycles. The summed E-state index contributed by atoms with van der Waals surface area (Å²) in [5.74, 6) is 0.528. The number of hydrogen-bond acceptors (Lipinski definition) is 7. The molecule has 1 heterocycles. The minimum absolute atomic E-state index is 0.256. The number of nitrogens with zero attached hydrogens (tertiary/aromatic N) is 1. The van der Waals surface area contributed by atoms with Crippen LogP contribution in [0.4, 0.5) is 15.8 Å². The van der Waals surface area contributed by atoms with Gasteiger partial charge in [-0.15, -0.1) is 0 Å². The zero-order chi connectivity index (χ0) is 27.1. The van der Waals surface area contributed by atoms with Gasteiger partial charge in [0.2, 0.25) is 0 Å². The summed E-state index contributed by atoms with van der Waals surface area (Å²) in [6.07, 6.45) is 1.74. The molecule has 11 heteroatoms. The number of benzene rings is 3. The zero-order valence-electron chi connectivity index (χ0n) is 20.4. The molecule has 1 fully saturated rings. The Balaban J connectivity index is 1.47. The molecule has 2 N–H and O–H groups in total. The van der Waals surface area contributed by atoms with Gasteiger partial charge in [-0.1, -0.05) is 0 Å². The molecule has 0 atom stereocenters. The van der Waals surface area contributed by atoms with E-state index in [-0.39, 0.29) is 18.3 Å². The average molecular weight is 647 g/mol. The van der Waals surface area contributed by atoms with Crippen LogP contribution in [0.2, 0.25) is 0 Å². The molecule has 1 saturated heterocycles. The van der Waals surface area contributed by atoms with E-state index in [1.54, 1.807) is 43.5 Å². The molecule has 38 heavy (non-hydrogen) atoms. The molecule has 2 amide bonds. The lowest BCUT2D eigenvalue weighted by molar-refractivity contribution is -0.118. The number of methoxy groups -OCH3 is 1. The quantitative estimate of drug-likeness (QED) is 0.227. The Morgan fingerprint density at radius 1 is 1.13 bits per heavy atom. The van der Waals surface area contributed by atoms with Crippen LogP contribution in [0.5, 0.6) is 17.2 Å². The second-order valence-electron chi connectivity index (χ2n) is 7.79. The Hall–Kier alpha value is -3.58. The maximum Gasteiger partial charge on any atom is 0.264 e. The van der Waals surface area contributed by atoms with Crippen LogP contribution < -0.4 is 24.8 Å². The first-order chi connectivity index (χ1) is 18.3. The van der Waals surface area contributed by atoms with Crippen LogP contribution in [-0.2, 0) is 9.59 Å². The normalized spacial score (nSPS) is 14.9. The topological polar surface area (TPSA) is 98.2 Å². The molecule has 3 aromatic carbocycles. The highest BCUT2D eigenvalue weighted by Crippen LogP contribution is 2.36. The van der Waals surface area contributed by atoms with Crippen molar-refractivity contribution in [3.63, 3.8) is 0 Å². The molecular formula is C27H23FIN3O5S. The Morgan fingerprint density at radius 3 is 2.55 bits per heavy atom. The van der Waals surface area contributed by atoms with Gasteiger partial charge in [-0.25, -0.2) is 9.38 Å². The van der Waals surface area contributed by atoms with E-state index in [4.69, 9.17) is 14.2 Å². The molecule has 0 aromatic heterocycles. The van der Waals surface area contributed by atoms with Crippen LogP contribution in [0.15, 0.2) is 70.6 Å². The first kappa shape index (κ1) is 27.5. The Kier molecular flexibility index (Phi) is 9.24. The number of hydrogen-bond donors (Lipinski definition) is 2. The lowest BCUT2D eigenvalue weighted by atomic mass is 10.2. The summed E-state index contributed by atoms with van der Waals surface area (Å²) < 4.78 is 30.5. The van der Waals surface area contributed by atoms with Crippen molar-refractivity contribution in [3.05, 3.63) is 80.5 Å². The summed E-state index contributed by atoms with van der Waals surface area (Å²) in [5, 5.41) is 5.90. The summed E-state index contributed by atoms with van der Waals surface area (Å²) in [6, 6.07) is 16.2. The fourth-order valence-corrected chi connectivity index (χ4v) is 4.97. The molecule has 1 aliphatic heterocycles. The number of carbonyl (C=O) groups excluding carboxylic acids is 2. The number of aliphatic imine (C=N–C) groups is 1. The van der Waals surface area contributed by atoms with Crippen LogP contribution in [0.3, 0.4) is 0 Å². The van der Waals surface area contributed by atoms with Crippen LogP contribution in [0.1, 0.15) is 12.5 Å². The second-order valence-corrected chi connectivity index (χ2v) is 9.98. The summed E-state index contributed by atoms with van der Waals surface area (Å²) in [5.41, 5.74) is 1.88. The average Bonchev–Trinajstić information content (AvgIpc) is 3.23. The van der Waals surface area contributed by atoms with Crippen LogP contribution in [0.25, 0.3) is 6.08 Å². The smallest absolute Gasteiger partial charge is 0.264 e. The van der Waals surface area contributed by atoms with E-state index in [0.717, 1.165) is 11.3 Å². The van der Waals surface area contributed by atoms with Crippen LogP contribution in [0, 0.1) is 9.39 Å². The van der Waals surface area contributed by atoms with Crippen LogP contribution >= 0.6 is 34.4 Å². The molecule has 0 unspecified atom stereocenters. The van der Waals surface area contributed by atoms with Gasteiger partial charge < -0.3 is 24.8 Å². The summed E-state index contributed by atoms with van der Waals surface area (Å²) in [6.45, 7) is 1.95. The highest BCUT2D eigenvalue weighted by Gasteiger charge is 2.24. The predicted molar refractivity (Wildman–Crippen MR) is 155 cm³/mol. The largest absolute Gasteiger partial charge is 0.497 e. The minimum Gasteiger partial charge on any atom is -0.497 e. The van der Waals surface area contributed by atoms with Gasteiger partial charge in [0.1, 0.15) is 11.6 Å². The van der Waals surface area contributed by atoms with Gasteiger partial charge in [0.25, 0.3) is 11.8 Å². The molecule has 4 rings (SSSR count). The molecule has 196 valence electrons. The fraction of sp³-hybridized carbons (Fsp3) is 0.148. The van der Waals surface area contributed by atoms with E-state index in [0.29, 0.717) is 43.1 Å². The van der Waals surface area contributed by atoms with Gasteiger partial charge in [0.05, 0.1) is 27.9 Å². The standard InChI is InChI=1S/C27H23FIN3O5S/c1-3-36-22-13-16(12-21(29)25(22)37-15-24(33)30-18-6-4-17(28)5-7-18)14-23-26(34)32-27(38-23)31-19-8-10-20(35-2)11-9-19/h4-14H,3,15H2,1-2H3,(H,30,33)(H,31,32,34)/b23-14+. The third-order valence-electron chi connectivity index (χ3n) is 5.06. The third-order valence-corrected chi connectivity index (χ3v) is 6.77. The number of anilines is 1. The first-order valence-electron chi connectivity index (χ1n) is 11.4. The number of amidine groups is 1. The number of carbonyl (C=O) groups is 2. The van der Waals surface area contributed by atoms with Crippen molar-refractivity contribution in [1.29, 1.82) is 0 Å². The maximum absolute atomic E-state index is 13.1. The first-order valence-corrected chi connectivity index (χ1v) is 13.3. The van der Waals surface area contributed by atoms with Gasteiger partial charge in [0.15, 0.2) is 23.3 Å². The lowest BCUT2D eigenvalue weighted by Crippen LogP contribution is -2.20. The zero-order valence-corrected chi connectivity index (χ0v) is 23.4. The molecular weight excluding hydrogens is 624 g/mol. The molecule has 0 spiro atoms. The molecule has 0 radical (unpaired) electrons. The van der Waals surface area contributed by atoms with Crippen molar-refractivity contribution >= 4 is 68.8 Å². The van der Waals surface area contributed by atoms with Gasteiger partial charge in [-0.05, 0) is 114 Å². The number of nitrogens with one attached hydrogen (secondary N) is 2. The van der Waals surface area contributed by atoms with E-state index in [9.17, 15) is 14.0 Å². The molecule has 0 aliphatic carbocycles. The molecule has 0 bridgehead atoms. The Morgan fingerprint density at radius 2 is 1.87 bits per heavy atom. The Labute approximate surface area is 236 Å². The summed E-state index contributed by atoms with van der Waals surface area (Å²) >= 11 is 3.32. The summed E-state index contributed by atoms with van der Waals surface area (Å²) in [7, 11) is 1.59. The van der Waals surface area contributed by atoms with Crippen molar-refractivity contribution in [3.8, 4) is 17.2 Å². The molecule has 8 nitrogen and oxygen atoms in total. The fourth-order valence-electron chi connectivity index (χ4n) is 3.35. The van der Waals surface area contributed by atoms with Crippen molar-refractivity contribution in [2.75, 3.05) is 25.6 Å². The third kappa shape index (κ3) is 7.25. The van der Waals surface area contributed by atoms with E-state index >= 15 is 0 Å². The molecule has 1 aliphatic rings. The second kappa shape index (κ2) is 12.8. The van der Waals surface area contributed by atoms with Gasteiger partial charge in [-0.2, -0.15) is 0 Å². The monoisotopic (exact) mass is 647 g/mol. The SMILES string of the molecule is CCOc1cc(/C=C2/SC(=Nc3ccc(OC)cc3)NC2=O)cc(I)c1OCC(=O)Nc1ccc(F)cc1. The van der Waals surface area contributed by atoms with Gasteiger partial charge in [0, 0.05) is 5.69 Å². The number of thioether (sulfide) groups is 1. The highest BCUT2D eigenvalue weighted by molar-refractivity contribution is 14.1. The van der Waals surface area contributed by atoms with Crippen molar-refractivity contribution in [2.24, 2.45) is 4.99 Å². The van der Waals surface area contributed by atoms with Crippen molar-refractivity contribution in [2.45, 2.75) is 6.92 Å². The lowest BCUT2D eigenvalue weighted by Gasteiger charge is -2.15. The van der Waals surface area contributed by atoms with Crippen LogP contribution in [-0.4, -0.2) is 37.3 Å². The number of halogens is 2. The number of amides is 2.